The van der Waals surface area contributed by atoms with Crippen molar-refractivity contribution in [3.05, 3.63) is 23.8 Å². The highest BCUT2D eigenvalue weighted by Crippen LogP contribution is 2.33. The number of aliphatic hydroxyl groups excluding tert-OH is 1. The van der Waals surface area contributed by atoms with Gasteiger partial charge in [0.05, 0.1) is 26.9 Å². The lowest BCUT2D eigenvalue weighted by molar-refractivity contribution is 0.187. The number of hydrogen-bond donors (Lipinski definition) is 2. The number of hydrogen-bond acceptors (Lipinski definition) is 4. The molecular weight excluding hydrogens is 318 g/mol. The number of likely N-dealkylation sites (tertiary alicyclic amines) is 1. The minimum Gasteiger partial charge on any atom is -0.493 e. The summed E-state index contributed by atoms with van der Waals surface area (Å²) in [7, 11) is 3.29. The fraction of sp³-hybridized carbons (Fsp3) is 0.632. The summed E-state index contributed by atoms with van der Waals surface area (Å²) < 4.78 is 10.7. The Kier molecular flexibility index (Phi) is 6.53. The van der Waals surface area contributed by atoms with Gasteiger partial charge in [0.2, 0.25) is 0 Å². The van der Waals surface area contributed by atoms with E-state index in [1.165, 1.54) is 0 Å². The second-order valence-electron chi connectivity index (χ2n) is 7.01. The second kappa shape index (κ2) is 8.43. The summed E-state index contributed by atoms with van der Waals surface area (Å²) in [5.74, 6) is 2.32. The summed E-state index contributed by atoms with van der Waals surface area (Å²) >= 11 is 0. The van der Waals surface area contributed by atoms with Gasteiger partial charge in [0, 0.05) is 25.0 Å². The van der Waals surface area contributed by atoms with Crippen molar-refractivity contribution in [2.45, 2.75) is 38.7 Å². The van der Waals surface area contributed by atoms with Crippen LogP contribution in [0.4, 0.5) is 0 Å². The summed E-state index contributed by atoms with van der Waals surface area (Å²) in [4.78, 5) is 6.95. The van der Waals surface area contributed by atoms with E-state index in [9.17, 15) is 5.11 Å². The minimum atomic E-state index is -0.261. The van der Waals surface area contributed by atoms with Gasteiger partial charge in [-0.1, -0.05) is 19.9 Å². The van der Waals surface area contributed by atoms with Gasteiger partial charge < -0.3 is 24.8 Å². The normalized spacial score (nSPS) is 18.4. The van der Waals surface area contributed by atoms with Gasteiger partial charge in [-0.3, -0.25) is 4.99 Å². The smallest absolute Gasteiger partial charge is 0.194 e. The van der Waals surface area contributed by atoms with Crippen molar-refractivity contribution in [2.24, 2.45) is 4.99 Å². The van der Waals surface area contributed by atoms with Gasteiger partial charge in [0.25, 0.3) is 0 Å². The van der Waals surface area contributed by atoms with Crippen molar-refractivity contribution in [3.8, 4) is 11.5 Å². The fourth-order valence-electron chi connectivity index (χ4n) is 2.98. The largest absolute Gasteiger partial charge is 0.493 e. The quantitative estimate of drug-likeness (QED) is 0.607. The van der Waals surface area contributed by atoms with Crippen molar-refractivity contribution >= 4 is 5.96 Å². The summed E-state index contributed by atoms with van der Waals surface area (Å²) in [5, 5.41) is 13.1. The second-order valence-corrected chi connectivity index (χ2v) is 7.01. The van der Waals surface area contributed by atoms with E-state index >= 15 is 0 Å². The van der Waals surface area contributed by atoms with E-state index in [1.54, 1.807) is 14.2 Å². The van der Waals surface area contributed by atoms with Crippen LogP contribution in [-0.4, -0.2) is 62.5 Å². The fourth-order valence-corrected chi connectivity index (χ4v) is 2.98. The van der Waals surface area contributed by atoms with E-state index < -0.39 is 0 Å². The standard InChI is InChI=1S/C19H31N3O3/c1-6-20-18(22-10-9-15(23)12-22)21-13-19(2,3)14-7-8-16(24-4)17(11-14)25-5/h7-8,11,15,23H,6,9-10,12-13H2,1-5H3,(H,20,21)/t15-/m1/s1. The molecule has 1 aromatic carbocycles. The molecule has 0 aromatic heterocycles. The Morgan fingerprint density at radius 2 is 2.04 bits per heavy atom. The molecule has 0 bridgehead atoms. The number of rotatable bonds is 6. The highest BCUT2D eigenvalue weighted by Gasteiger charge is 2.25. The van der Waals surface area contributed by atoms with Gasteiger partial charge in [0.1, 0.15) is 0 Å². The number of ether oxygens (including phenoxy) is 2. The Morgan fingerprint density at radius 1 is 1.32 bits per heavy atom. The number of benzene rings is 1. The molecule has 0 radical (unpaired) electrons. The van der Waals surface area contributed by atoms with E-state index in [1.807, 2.05) is 12.1 Å². The summed E-state index contributed by atoms with van der Waals surface area (Å²) in [6.07, 6.45) is 0.534. The molecule has 0 unspecified atom stereocenters. The first-order valence-electron chi connectivity index (χ1n) is 8.85. The Bertz CT molecular complexity index is 602. The van der Waals surface area contributed by atoms with E-state index in [-0.39, 0.29) is 11.5 Å². The monoisotopic (exact) mass is 349 g/mol. The molecule has 6 heteroatoms. The van der Waals surface area contributed by atoms with Crippen LogP contribution in [0.5, 0.6) is 11.5 Å². The maximum atomic E-state index is 9.78. The first-order chi connectivity index (χ1) is 11.9. The molecule has 1 fully saturated rings. The first kappa shape index (κ1) is 19.4. The van der Waals surface area contributed by atoms with E-state index in [0.717, 1.165) is 42.5 Å². The van der Waals surface area contributed by atoms with Crippen molar-refractivity contribution in [1.29, 1.82) is 0 Å². The summed E-state index contributed by atoms with van der Waals surface area (Å²) in [5.41, 5.74) is 0.990. The number of nitrogens with zero attached hydrogens (tertiary/aromatic N) is 2. The molecule has 6 nitrogen and oxygen atoms in total. The SMILES string of the molecule is CCNC(=NCC(C)(C)c1ccc(OC)c(OC)c1)N1CC[C@@H](O)C1. The molecule has 1 saturated heterocycles. The predicted molar refractivity (Wildman–Crippen MR) is 101 cm³/mol. The van der Waals surface area contributed by atoms with Gasteiger partial charge in [-0.25, -0.2) is 0 Å². The Labute approximate surface area is 150 Å². The van der Waals surface area contributed by atoms with Gasteiger partial charge in [0.15, 0.2) is 17.5 Å². The predicted octanol–water partition coefficient (Wildman–Crippen LogP) is 2.01. The van der Waals surface area contributed by atoms with Crippen LogP contribution in [0.2, 0.25) is 0 Å². The van der Waals surface area contributed by atoms with Crippen LogP contribution in [-0.2, 0) is 5.41 Å². The molecule has 1 atom stereocenters. The van der Waals surface area contributed by atoms with Crippen molar-refractivity contribution < 1.29 is 14.6 Å². The van der Waals surface area contributed by atoms with Gasteiger partial charge in [-0.2, -0.15) is 0 Å². The van der Waals surface area contributed by atoms with Crippen LogP contribution in [0.1, 0.15) is 32.8 Å². The van der Waals surface area contributed by atoms with Crippen molar-refractivity contribution in [1.82, 2.24) is 10.2 Å². The average molecular weight is 349 g/mol. The zero-order valence-corrected chi connectivity index (χ0v) is 16.0. The molecule has 1 aliphatic heterocycles. The topological polar surface area (TPSA) is 66.3 Å². The number of nitrogens with one attached hydrogen (secondary N) is 1. The molecular formula is C19H31N3O3. The molecule has 2 N–H and O–H groups in total. The van der Waals surface area contributed by atoms with Gasteiger partial charge in [-0.05, 0) is 31.0 Å². The maximum Gasteiger partial charge on any atom is 0.194 e. The lowest BCUT2D eigenvalue weighted by Gasteiger charge is -2.27. The summed E-state index contributed by atoms with van der Waals surface area (Å²) in [6, 6.07) is 6.01. The summed E-state index contributed by atoms with van der Waals surface area (Å²) in [6.45, 7) is 9.31. The number of guanidine groups is 1. The Hall–Kier alpha value is -1.95. The maximum absolute atomic E-state index is 9.78. The molecule has 2 rings (SSSR count). The number of methoxy groups -OCH3 is 2. The zero-order valence-electron chi connectivity index (χ0n) is 16.0. The van der Waals surface area contributed by atoms with Crippen LogP contribution in [0.3, 0.4) is 0 Å². The van der Waals surface area contributed by atoms with Crippen LogP contribution < -0.4 is 14.8 Å². The highest BCUT2D eigenvalue weighted by atomic mass is 16.5. The van der Waals surface area contributed by atoms with E-state index in [2.05, 4.69) is 37.1 Å². The zero-order chi connectivity index (χ0) is 18.4. The van der Waals surface area contributed by atoms with E-state index in [4.69, 9.17) is 14.5 Å². The molecule has 0 spiro atoms. The van der Waals surface area contributed by atoms with Crippen LogP contribution in [0.25, 0.3) is 0 Å². The number of β-amino-alcohol motifs (C(OH)–C–C–N with tert-alkyl or cyclic N) is 1. The molecule has 0 amide bonds. The first-order valence-corrected chi connectivity index (χ1v) is 8.85. The van der Waals surface area contributed by atoms with Gasteiger partial charge >= 0.3 is 0 Å². The minimum absolute atomic E-state index is 0.154. The molecule has 0 saturated carbocycles. The van der Waals surface area contributed by atoms with Gasteiger partial charge in [-0.15, -0.1) is 0 Å². The average Bonchev–Trinajstić information content (AvgIpc) is 3.04. The lowest BCUT2D eigenvalue weighted by Crippen LogP contribution is -2.41. The van der Waals surface area contributed by atoms with Crippen LogP contribution in [0.15, 0.2) is 23.2 Å². The van der Waals surface area contributed by atoms with Crippen molar-refractivity contribution in [3.63, 3.8) is 0 Å². The van der Waals surface area contributed by atoms with E-state index in [0.29, 0.717) is 13.1 Å². The third-order valence-electron chi connectivity index (χ3n) is 4.59. The van der Waals surface area contributed by atoms with Crippen LogP contribution in [0, 0.1) is 0 Å². The molecule has 0 aliphatic carbocycles. The molecule has 1 aromatic rings. The molecule has 140 valence electrons. The highest BCUT2D eigenvalue weighted by molar-refractivity contribution is 5.80. The Balaban J connectivity index is 2.18. The molecule has 1 aliphatic rings. The number of aliphatic hydroxyl groups is 1. The van der Waals surface area contributed by atoms with Crippen molar-refractivity contribution in [2.75, 3.05) is 40.4 Å². The lowest BCUT2D eigenvalue weighted by atomic mass is 9.84. The number of aliphatic imine (C=N–C) groups is 1. The van der Waals surface area contributed by atoms with Crippen LogP contribution >= 0.6 is 0 Å². The third kappa shape index (κ3) is 4.78. The Morgan fingerprint density at radius 3 is 2.60 bits per heavy atom. The third-order valence-corrected chi connectivity index (χ3v) is 4.59. The molecule has 25 heavy (non-hydrogen) atoms. The molecule has 1 heterocycles.